The molecule has 192 valence electrons. The Morgan fingerprint density at radius 3 is 2.19 bits per heavy atom. The minimum Gasteiger partial charge on any atom is -0.354 e. The summed E-state index contributed by atoms with van der Waals surface area (Å²) in [7, 11) is -3.80. The van der Waals surface area contributed by atoms with E-state index >= 15 is 0 Å². The molecule has 0 aliphatic heterocycles. The van der Waals surface area contributed by atoms with Gasteiger partial charge in [0.25, 0.3) is 0 Å². The summed E-state index contributed by atoms with van der Waals surface area (Å²) >= 11 is 0. The largest absolute Gasteiger partial charge is 0.354 e. The molecule has 2 amide bonds. The van der Waals surface area contributed by atoms with Gasteiger partial charge in [0, 0.05) is 18.5 Å². The standard InChI is InChI=1S/C28H35N3O4S/c1-5-25(28(33)29-18-21(2)3)30(19-22-12-7-6-8-13-22)27(32)20-31(36(4,34)35)26-17-11-15-23-14-9-10-16-24(23)26/h6-17,21,25H,5,18-20H2,1-4H3,(H,29,33)/t25-/m0/s1. The molecule has 0 aliphatic carbocycles. The lowest BCUT2D eigenvalue weighted by molar-refractivity contribution is -0.140. The number of benzene rings is 3. The Bertz CT molecular complexity index is 1290. The lowest BCUT2D eigenvalue weighted by Crippen LogP contribution is -2.52. The van der Waals surface area contributed by atoms with Crippen molar-refractivity contribution < 1.29 is 18.0 Å². The molecule has 7 nitrogen and oxygen atoms in total. The summed E-state index contributed by atoms with van der Waals surface area (Å²) in [6.45, 7) is 6.14. The summed E-state index contributed by atoms with van der Waals surface area (Å²) in [4.78, 5) is 28.4. The molecule has 3 aromatic carbocycles. The highest BCUT2D eigenvalue weighted by Gasteiger charge is 2.32. The number of amides is 2. The van der Waals surface area contributed by atoms with Gasteiger partial charge in [-0.2, -0.15) is 0 Å². The third kappa shape index (κ3) is 6.85. The number of nitrogens with zero attached hydrogens (tertiary/aromatic N) is 2. The van der Waals surface area contributed by atoms with Crippen molar-refractivity contribution in [3.63, 3.8) is 0 Å². The molecule has 8 heteroatoms. The first kappa shape index (κ1) is 27.2. The lowest BCUT2D eigenvalue weighted by Gasteiger charge is -2.33. The monoisotopic (exact) mass is 509 g/mol. The number of rotatable bonds is 11. The number of fused-ring (bicyclic) bond motifs is 1. The minimum absolute atomic E-state index is 0.195. The van der Waals surface area contributed by atoms with Gasteiger partial charge in [-0.25, -0.2) is 8.42 Å². The van der Waals surface area contributed by atoms with E-state index in [1.54, 1.807) is 12.1 Å². The molecule has 0 fully saturated rings. The van der Waals surface area contributed by atoms with Crippen molar-refractivity contribution >= 4 is 38.3 Å². The molecule has 3 rings (SSSR count). The van der Waals surface area contributed by atoms with Crippen LogP contribution in [-0.2, 0) is 26.2 Å². The van der Waals surface area contributed by atoms with Gasteiger partial charge in [0.2, 0.25) is 21.8 Å². The van der Waals surface area contributed by atoms with Crippen LogP contribution in [0.25, 0.3) is 10.8 Å². The summed E-state index contributed by atoms with van der Waals surface area (Å²) in [5, 5.41) is 4.53. The van der Waals surface area contributed by atoms with Crippen LogP contribution in [0.15, 0.2) is 72.8 Å². The lowest BCUT2D eigenvalue weighted by atomic mass is 10.1. The highest BCUT2D eigenvalue weighted by atomic mass is 32.2. The zero-order valence-corrected chi connectivity index (χ0v) is 22.2. The molecule has 36 heavy (non-hydrogen) atoms. The predicted molar refractivity (Wildman–Crippen MR) is 145 cm³/mol. The smallest absolute Gasteiger partial charge is 0.244 e. The number of carbonyl (C=O) groups excluding carboxylic acids is 2. The molecule has 0 bridgehead atoms. The van der Waals surface area contributed by atoms with E-state index in [0.717, 1.165) is 26.9 Å². The topological polar surface area (TPSA) is 86.8 Å². The fourth-order valence-corrected chi connectivity index (χ4v) is 5.00. The zero-order chi connectivity index (χ0) is 26.3. The van der Waals surface area contributed by atoms with E-state index in [1.165, 1.54) is 4.90 Å². The molecule has 0 saturated carbocycles. The Morgan fingerprint density at radius 1 is 0.917 bits per heavy atom. The van der Waals surface area contributed by atoms with Crippen molar-refractivity contribution in [3.8, 4) is 0 Å². The van der Waals surface area contributed by atoms with Crippen LogP contribution in [0.2, 0.25) is 0 Å². The van der Waals surface area contributed by atoms with E-state index in [1.807, 2.05) is 81.4 Å². The molecule has 3 aromatic rings. The first-order valence-electron chi connectivity index (χ1n) is 12.2. The van der Waals surface area contributed by atoms with Crippen LogP contribution in [0.5, 0.6) is 0 Å². The second-order valence-electron chi connectivity index (χ2n) is 9.34. The van der Waals surface area contributed by atoms with E-state index < -0.39 is 28.5 Å². The van der Waals surface area contributed by atoms with Gasteiger partial charge in [0.05, 0.1) is 11.9 Å². The number of hydrogen-bond acceptors (Lipinski definition) is 4. The van der Waals surface area contributed by atoms with Crippen LogP contribution in [0.4, 0.5) is 5.69 Å². The summed E-state index contributed by atoms with van der Waals surface area (Å²) in [5.41, 5.74) is 1.29. The SMILES string of the molecule is CC[C@@H](C(=O)NCC(C)C)N(Cc1ccccc1)C(=O)CN(c1cccc2ccccc12)S(C)(=O)=O. The van der Waals surface area contributed by atoms with Crippen LogP contribution in [0, 0.1) is 5.92 Å². The highest BCUT2D eigenvalue weighted by molar-refractivity contribution is 7.92. The van der Waals surface area contributed by atoms with Crippen LogP contribution in [0.1, 0.15) is 32.8 Å². The molecule has 0 aliphatic rings. The number of sulfonamides is 1. The van der Waals surface area contributed by atoms with E-state index in [0.29, 0.717) is 18.7 Å². The van der Waals surface area contributed by atoms with E-state index in [9.17, 15) is 18.0 Å². The summed E-state index contributed by atoms with van der Waals surface area (Å²) in [6.07, 6.45) is 1.49. The molecule has 0 aromatic heterocycles. The molecule has 1 atom stereocenters. The normalized spacial score (nSPS) is 12.4. The van der Waals surface area contributed by atoms with Gasteiger partial charge in [-0.3, -0.25) is 13.9 Å². The van der Waals surface area contributed by atoms with Gasteiger partial charge < -0.3 is 10.2 Å². The van der Waals surface area contributed by atoms with Gasteiger partial charge in [-0.15, -0.1) is 0 Å². The maximum atomic E-state index is 13.8. The summed E-state index contributed by atoms with van der Waals surface area (Å²) in [5.74, 6) is -0.424. The van der Waals surface area contributed by atoms with Crippen molar-refractivity contribution in [2.45, 2.75) is 39.8 Å². The summed E-state index contributed by atoms with van der Waals surface area (Å²) in [6, 6.07) is 21.5. The van der Waals surface area contributed by atoms with Crippen molar-refractivity contribution in [2.75, 3.05) is 23.7 Å². The third-order valence-corrected chi connectivity index (χ3v) is 7.11. The van der Waals surface area contributed by atoms with Crippen LogP contribution < -0.4 is 9.62 Å². The van der Waals surface area contributed by atoms with Gasteiger partial charge in [0.15, 0.2) is 0 Å². The fourth-order valence-electron chi connectivity index (χ4n) is 4.14. The van der Waals surface area contributed by atoms with Gasteiger partial charge in [-0.1, -0.05) is 87.5 Å². The van der Waals surface area contributed by atoms with Crippen molar-refractivity contribution in [1.29, 1.82) is 0 Å². The van der Waals surface area contributed by atoms with Gasteiger partial charge in [-0.05, 0) is 29.4 Å². The van der Waals surface area contributed by atoms with Gasteiger partial charge in [0.1, 0.15) is 12.6 Å². The Balaban J connectivity index is 1.99. The third-order valence-electron chi connectivity index (χ3n) is 5.98. The zero-order valence-electron chi connectivity index (χ0n) is 21.3. The molecule has 0 radical (unpaired) electrons. The number of carbonyl (C=O) groups is 2. The number of hydrogen-bond donors (Lipinski definition) is 1. The first-order chi connectivity index (χ1) is 17.1. The first-order valence-corrected chi connectivity index (χ1v) is 14.0. The average molecular weight is 510 g/mol. The molecular formula is C28H35N3O4S. The van der Waals surface area contributed by atoms with Crippen LogP contribution in [-0.4, -0.2) is 50.5 Å². The molecule has 0 saturated heterocycles. The highest BCUT2D eigenvalue weighted by Crippen LogP contribution is 2.28. The molecule has 0 spiro atoms. The van der Waals surface area contributed by atoms with Crippen LogP contribution >= 0.6 is 0 Å². The maximum absolute atomic E-state index is 13.8. The Kier molecular flexibility index (Phi) is 9.09. The van der Waals surface area contributed by atoms with E-state index in [-0.39, 0.29) is 18.4 Å². The maximum Gasteiger partial charge on any atom is 0.244 e. The van der Waals surface area contributed by atoms with Crippen LogP contribution in [0.3, 0.4) is 0 Å². The molecule has 0 unspecified atom stereocenters. The molecular weight excluding hydrogens is 474 g/mol. The van der Waals surface area contributed by atoms with E-state index in [2.05, 4.69) is 5.32 Å². The average Bonchev–Trinajstić information content (AvgIpc) is 2.85. The molecule has 0 heterocycles. The second kappa shape index (κ2) is 12.0. The Labute approximate surface area is 214 Å². The Hall–Kier alpha value is -3.39. The number of nitrogens with one attached hydrogen (secondary N) is 1. The van der Waals surface area contributed by atoms with Crippen molar-refractivity contribution in [2.24, 2.45) is 5.92 Å². The molecule has 1 N–H and O–H groups in total. The number of anilines is 1. The van der Waals surface area contributed by atoms with Crippen molar-refractivity contribution in [1.82, 2.24) is 10.2 Å². The van der Waals surface area contributed by atoms with E-state index in [4.69, 9.17) is 0 Å². The summed E-state index contributed by atoms with van der Waals surface area (Å²) < 4.78 is 27.0. The van der Waals surface area contributed by atoms with Crippen molar-refractivity contribution in [3.05, 3.63) is 78.4 Å². The second-order valence-corrected chi connectivity index (χ2v) is 11.2. The quantitative estimate of drug-likeness (QED) is 0.420. The Morgan fingerprint density at radius 2 is 1.56 bits per heavy atom. The fraction of sp³-hybridized carbons (Fsp3) is 0.357. The minimum atomic E-state index is -3.80. The predicted octanol–water partition coefficient (Wildman–Crippen LogP) is 4.19. The van der Waals surface area contributed by atoms with Gasteiger partial charge >= 0.3 is 0 Å².